The van der Waals surface area contributed by atoms with Crippen LogP contribution in [0.1, 0.15) is 11.1 Å². The van der Waals surface area contributed by atoms with Crippen LogP contribution in [0.3, 0.4) is 0 Å². The molecule has 0 radical (unpaired) electrons. The second kappa shape index (κ2) is 3.89. The van der Waals surface area contributed by atoms with Gasteiger partial charge in [-0.05, 0) is 18.2 Å². The molecule has 0 saturated carbocycles. The fourth-order valence-electron chi connectivity index (χ4n) is 1.04. The molecule has 1 rings (SSSR count). The Kier molecular flexibility index (Phi) is 3.02. The topological polar surface area (TPSA) is 4.36 Å². The van der Waals surface area contributed by atoms with E-state index in [0.717, 1.165) is 6.07 Å². The van der Waals surface area contributed by atoms with Crippen LogP contribution in [-0.4, -0.2) is 0 Å². The summed E-state index contributed by atoms with van der Waals surface area (Å²) in [6.07, 6.45) is -4.45. The number of hydrogen-bond donors (Lipinski definition) is 0. The molecule has 5 heteroatoms. The highest BCUT2D eigenvalue weighted by atomic mass is 35.5. The molecule has 1 aromatic rings. The molecule has 0 aliphatic heterocycles. The van der Waals surface area contributed by atoms with Gasteiger partial charge >= 0.3 is 6.18 Å². The van der Waals surface area contributed by atoms with Crippen molar-refractivity contribution in [2.45, 2.75) is 12.7 Å². The minimum absolute atomic E-state index is 0.0195. The van der Waals surface area contributed by atoms with Crippen molar-refractivity contribution in [2.75, 3.05) is 0 Å². The van der Waals surface area contributed by atoms with Crippen LogP contribution < -0.4 is 0 Å². The summed E-state index contributed by atoms with van der Waals surface area (Å²) in [5, 5.41) is 0.0195. The fraction of sp³-hybridized carbons (Fsp3) is 0.222. The zero-order chi connectivity index (χ0) is 10.8. The van der Waals surface area contributed by atoms with Gasteiger partial charge in [0.2, 0.25) is 6.54 Å². The van der Waals surface area contributed by atoms with E-state index >= 15 is 0 Å². The van der Waals surface area contributed by atoms with Gasteiger partial charge in [0.15, 0.2) is 0 Å². The first kappa shape index (κ1) is 10.9. The molecular weight excluding hydrogens is 215 g/mol. The quantitative estimate of drug-likeness (QED) is 0.633. The maximum atomic E-state index is 12.4. The summed E-state index contributed by atoms with van der Waals surface area (Å²) < 4.78 is 37.2. The minimum Gasteiger partial charge on any atom is -0.312 e. The van der Waals surface area contributed by atoms with Crippen molar-refractivity contribution in [1.82, 2.24) is 0 Å². The molecule has 0 saturated heterocycles. The van der Waals surface area contributed by atoms with Gasteiger partial charge in [0.1, 0.15) is 0 Å². The standard InChI is InChI=1S/C9H5ClF3N/c1-14-5-6-2-3-7(10)4-8(6)9(11,12)13/h2-4H,5H2. The monoisotopic (exact) mass is 219 g/mol. The molecule has 0 N–H and O–H groups in total. The van der Waals surface area contributed by atoms with Crippen LogP contribution in [-0.2, 0) is 12.7 Å². The van der Waals surface area contributed by atoms with E-state index in [-0.39, 0.29) is 17.1 Å². The van der Waals surface area contributed by atoms with Gasteiger partial charge in [0, 0.05) is 10.6 Å². The molecule has 0 aliphatic carbocycles. The highest BCUT2D eigenvalue weighted by Crippen LogP contribution is 2.34. The Balaban J connectivity index is 3.24. The normalized spacial score (nSPS) is 11.1. The molecule has 14 heavy (non-hydrogen) atoms. The Hall–Kier alpha value is -1.21. The van der Waals surface area contributed by atoms with Crippen molar-refractivity contribution in [1.29, 1.82) is 0 Å². The highest BCUT2D eigenvalue weighted by Gasteiger charge is 2.34. The van der Waals surface area contributed by atoms with E-state index in [0.29, 0.717) is 0 Å². The van der Waals surface area contributed by atoms with Crippen LogP contribution in [0.5, 0.6) is 0 Å². The summed E-state index contributed by atoms with van der Waals surface area (Å²) in [5.41, 5.74) is -0.877. The van der Waals surface area contributed by atoms with E-state index < -0.39 is 11.7 Å². The van der Waals surface area contributed by atoms with E-state index in [9.17, 15) is 13.2 Å². The lowest BCUT2D eigenvalue weighted by Gasteiger charge is -2.09. The van der Waals surface area contributed by atoms with Gasteiger partial charge in [0.05, 0.1) is 5.56 Å². The van der Waals surface area contributed by atoms with Crippen LogP contribution in [0.2, 0.25) is 5.02 Å². The van der Waals surface area contributed by atoms with Crippen molar-refractivity contribution >= 4 is 11.6 Å². The Morgan fingerprint density at radius 1 is 1.36 bits per heavy atom. The summed E-state index contributed by atoms with van der Waals surface area (Å²) >= 11 is 5.45. The third-order valence-corrected chi connectivity index (χ3v) is 1.86. The van der Waals surface area contributed by atoms with E-state index in [1.54, 1.807) is 0 Å². The van der Waals surface area contributed by atoms with Gasteiger partial charge < -0.3 is 4.85 Å². The summed E-state index contributed by atoms with van der Waals surface area (Å²) in [6, 6.07) is 3.41. The summed E-state index contributed by atoms with van der Waals surface area (Å²) in [4.78, 5) is 2.92. The van der Waals surface area contributed by atoms with Crippen molar-refractivity contribution in [2.24, 2.45) is 0 Å². The first-order chi connectivity index (χ1) is 6.45. The van der Waals surface area contributed by atoms with Crippen molar-refractivity contribution in [3.05, 3.63) is 45.8 Å². The van der Waals surface area contributed by atoms with E-state index in [4.69, 9.17) is 18.2 Å². The summed E-state index contributed by atoms with van der Waals surface area (Å²) in [5.74, 6) is 0. The van der Waals surface area contributed by atoms with Crippen LogP contribution in [0.15, 0.2) is 18.2 Å². The molecule has 0 heterocycles. The Morgan fingerprint density at radius 2 is 2.00 bits per heavy atom. The third-order valence-electron chi connectivity index (χ3n) is 1.63. The molecule has 0 fully saturated rings. The number of benzene rings is 1. The van der Waals surface area contributed by atoms with Crippen molar-refractivity contribution < 1.29 is 13.2 Å². The molecule has 74 valence electrons. The maximum Gasteiger partial charge on any atom is 0.417 e. The molecule has 1 nitrogen and oxygen atoms in total. The molecule has 1 aromatic carbocycles. The first-order valence-electron chi connectivity index (χ1n) is 3.64. The third kappa shape index (κ3) is 2.39. The van der Waals surface area contributed by atoms with E-state index in [1.807, 2.05) is 0 Å². The van der Waals surface area contributed by atoms with Crippen molar-refractivity contribution in [3.8, 4) is 0 Å². The largest absolute Gasteiger partial charge is 0.417 e. The zero-order valence-electron chi connectivity index (χ0n) is 6.90. The minimum atomic E-state index is -4.45. The average molecular weight is 220 g/mol. The number of halogens is 4. The lowest BCUT2D eigenvalue weighted by atomic mass is 10.1. The average Bonchev–Trinajstić information content (AvgIpc) is 2.07. The molecule has 0 spiro atoms. The number of rotatable bonds is 1. The van der Waals surface area contributed by atoms with Gasteiger partial charge in [-0.3, -0.25) is 0 Å². The number of alkyl halides is 3. The van der Waals surface area contributed by atoms with Crippen LogP contribution >= 0.6 is 11.6 Å². The Morgan fingerprint density at radius 3 is 2.50 bits per heavy atom. The molecule has 0 atom stereocenters. The lowest BCUT2D eigenvalue weighted by molar-refractivity contribution is -0.138. The molecule has 0 aromatic heterocycles. The van der Waals surface area contributed by atoms with Crippen LogP contribution in [0, 0.1) is 6.57 Å². The van der Waals surface area contributed by atoms with Gasteiger partial charge in [-0.2, -0.15) is 13.2 Å². The second-order valence-electron chi connectivity index (χ2n) is 2.62. The van der Waals surface area contributed by atoms with Gasteiger partial charge in [0.25, 0.3) is 0 Å². The highest BCUT2D eigenvalue weighted by molar-refractivity contribution is 6.30. The van der Waals surface area contributed by atoms with E-state index in [1.165, 1.54) is 12.1 Å². The van der Waals surface area contributed by atoms with Crippen molar-refractivity contribution in [3.63, 3.8) is 0 Å². The molecule has 0 amide bonds. The molecule has 0 aliphatic rings. The summed E-state index contributed by atoms with van der Waals surface area (Å²) in [6.45, 7) is 6.23. The smallest absolute Gasteiger partial charge is 0.312 e. The fourth-order valence-corrected chi connectivity index (χ4v) is 1.21. The number of hydrogen-bond acceptors (Lipinski definition) is 0. The number of nitrogens with zero attached hydrogens (tertiary/aromatic N) is 1. The van der Waals surface area contributed by atoms with E-state index in [2.05, 4.69) is 4.85 Å². The van der Waals surface area contributed by atoms with Gasteiger partial charge in [-0.25, -0.2) is 6.57 Å². The SMILES string of the molecule is [C-]#[N+]Cc1ccc(Cl)cc1C(F)(F)F. The lowest BCUT2D eigenvalue weighted by Crippen LogP contribution is -2.08. The molecule has 0 unspecified atom stereocenters. The Bertz CT molecular complexity index is 379. The predicted octanol–water partition coefficient (Wildman–Crippen LogP) is 3.78. The second-order valence-corrected chi connectivity index (χ2v) is 3.05. The molecule has 0 bridgehead atoms. The summed E-state index contributed by atoms with van der Waals surface area (Å²) in [7, 11) is 0. The van der Waals surface area contributed by atoms with Gasteiger partial charge in [-0.1, -0.05) is 11.6 Å². The van der Waals surface area contributed by atoms with Gasteiger partial charge in [-0.15, -0.1) is 0 Å². The Labute approximate surface area is 83.9 Å². The maximum absolute atomic E-state index is 12.4. The predicted molar refractivity (Wildman–Crippen MR) is 46.8 cm³/mol. The zero-order valence-corrected chi connectivity index (χ0v) is 7.65. The molecular formula is C9H5ClF3N. The first-order valence-corrected chi connectivity index (χ1v) is 4.02. The van der Waals surface area contributed by atoms with Crippen LogP contribution in [0.25, 0.3) is 4.85 Å². The van der Waals surface area contributed by atoms with Crippen LogP contribution in [0.4, 0.5) is 13.2 Å².